The maximum atomic E-state index is 3.94. The topological polar surface area (TPSA) is 0 Å². The lowest BCUT2D eigenvalue weighted by Crippen LogP contribution is -2.06. The van der Waals surface area contributed by atoms with Crippen molar-refractivity contribution in [2.45, 2.75) is 52.8 Å². The Morgan fingerprint density at radius 2 is 1.14 bits per heavy atom. The Morgan fingerprint density at radius 1 is 0.714 bits per heavy atom. The predicted octanol–water partition coefficient (Wildman–Crippen LogP) is 6.22. The van der Waals surface area contributed by atoms with Crippen molar-refractivity contribution in [1.29, 1.82) is 0 Å². The van der Waals surface area contributed by atoms with Crippen molar-refractivity contribution < 1.29 is 0 Å². The van der Waals surface area contributed by atoms with E-state index in [9.17, 15) is 0 Å². The number of aryl methyl sites for hydroxylation is 1. The Labute approximate surface area is 137 Å². The van der Waals surface area contributed by atoms with Crippen LogP contribution in [0.2, 0.25) is 0 Å². The lowest BCUT2D eigenvalue weighted by molar-refractivity contribution is 0.914. The van der Waals surface area contributed by atoms with Crippen LogP contribution in [0, 0.1) is 41.5 Å². The van der Waals surface area contributed by atoms with Gasteiger partial charge in [-0.15, -0.1) is 0 Å². The predicted molar refractivity (Wildman–Crippen MR) is 96.7 cm³/mol. The lowest BCUT2D eigenvalue weighted by atomic mass is 9.87. The molecule has 0 radical (unpaired) electrons. The van der Waals surface area contributed by atoms with E-state index in [0.717, 1.165) is 6.42 Å². The molecule has 2 aromatic rings. The van der Waals surface area contributed by atoms with Gasteiger partial charge in [0.1, 0.15) is 0 Å². The summed E-state index contributed by atoms with van der Waals surface area (Å²) in [5.74, 6) is 0. The van der Waals surface area contributed by atoms with Crippen LogP contribution in [0.1, 0.15) is 49.3 Å². The van der Waals surface area contributed by atoms with Crippen molar-refractivity contribution in [1.82, 2.24) is 0 Å². The van der Waals surface area contributed by atoms with Crippen molar-refractivity contribution in [3.63, 3.8) is 0 Å². The molecule has 0 fully saturated rings. The summed E-state index contributed by atoms with van der Waals surface area (Å²) in [5, 5.41) is 0. The molecule has 0 bridgehead atoms. The quantitative estimate of drug-likeness (QED) is 0.580. The van der Waals surface area contributed by atoms with Gasteiger partial charge in [0.15, 0.2) is 0 Å². The highest BCUT2D eigenvalue weighted by atomic mass is 79.9. The molecule has 0 aliphatic rings. The van der Waals surface area contributed by atoms with Crippen LogP contribution in [0.5, 0.6) is 0 Å². The zero-order valence-corrected chi connectivity index (χ0v) is 15.6. The standard InChI is InChI=1S/C20H25Br/c1-12-7-9-18(10-8-12)11-19(21)20-16(5)14(3)13(2)15(4)17(20)6/h7-10,19H,11H2,1-6H3. The van der Waals surface area contributed by atoms with Crippen LogP contribution in [-0.4, -0.2) is 0 Å². The summed E-state index contributed by atoms with van der Waals surface area (Å²) in [6, 6.07) is 8.87. The van der Waals surface area contributed by atoms with Gasteiger partial charge in [0.25, 0.3) is 0 Å². The average molecular weight is 345 g/mol. The highest BCUT2D eigenvalue weighted by molar-refractivity contribution is 9.09. The molecule has 0 aliphatic carbocycles. The van der Waals surface area contributed by atoms with E-state index >= 15 is 0 Å². The first-order valence-electron chi connectivity index (χ1n) is 7.59. The summed E-state index contributed by atoms with van der Waals surface area (Å²) in [4.78, 5) is 0.373. The monoisotopic (exact) mass is 344 g/mol. The van der Waals surface area contributed by atoms with Gasteiger partial charge in [0.05, 0.1) is 0 Å². The molecule has 0 spiro atoms. The Kier molecular flexibility index (Phi) is 4.93. The van der Waals surface area contributed by atoms with E-state index in [-0.39, 0.29) is 0 Å². The Hall–Kier alpha value is -1.08. The number of hydrogen-bond acceptors (Lipinski definition) is 0. The smallest absolute Gasteiger partial charge is 0.0441 e. The Bertz CT molecular complexity index is 622. The van der Waals surface area contributed by atoms with Crippen LogP contribution < -0.4 is 0 Å². The first-order valence-corrected chi connectivity index (χ1v) is 8.51. The molecule has 0 aliphatic heterocycles. The molecule has 1 atom stereocenters. The van der Waals surface area contributed by atoms with E-state index in [2.05, 4.69) is 81.7 Å². The molecule has 0 saturated carbocycles. The van der Waals surface area contributed by atoms with Gasteiger partial charge in [-0.25, -0.2) is 0 Å². The number of benzene rings is 2. The van der Waals surface area contributed by atoms with Gasteiger partial charge in [0.2, 0.25) is 0 Å². The highest BCUT2D eigenvalue weighted by Crippen LogP contribution is 2.36. The second kappa shape index (κ2) is 6.36. The second-order valence-corrected chi connectivity index (χ2v) is 7.30. The van der Waals surface area contributed by atoms with Gasteiger partial charge < -0.3 is 0 Å². The van der Waals surface area contributed by atoms with Crippen molar-refractivity contribution in [3.05, 3.63) is 68.8 Å². The minimum Gasteiger partial charge on any atom is -0.0835 e. The molecule has 0 saturated heterocycles. The van der Waals surface area contributed by atoms with Gasteiger partial charge in [-0.1, -0.05) is 45.8 Å². The molecule has 1 heteroatoms. The van der Waals surface area contributed by atoms with Crippen LogP contribution in [0.3, 0.4) is 0 Å². The molecule has 2 aromatic carbocycles. The van der Waals surface area contributed by atoms with Crippen LogP contribution in [0.4, 0.5) is 0 Å². The van der Waals surface area contributed by atoms with Gasteiger partial charge in [-0.05, 0) is 86.9 Å². The summed E-state index contributed by atoms with van der Waals surface area (Å²) in [6.07, 6.45) is 1.03. The van der Waals surface area contributed by atoms with Gasteiger partial charge in [0, 0.05) is 4.83 Å². The Balaban J connectivity index is 2.39. The maximum Gasteiger partial charge on any atom is 0.0441 e. The van der Waals surface area contributed by atoms with Crippen LogP contribution >= 0.6 is 15.9 Å². The highest BCUT2D eigenvalue weighted by Gasteiger charge is 2.18. The number of hydrogen-bond donors (Lipinski definition) is 0. The fraction of sp³-hybridized carbons (Fsp3) is 0.400. The minimum atomic E-state index is 0.373. The summed E-state index contributed by atoms with van der Waals surface area (Å²) >= 11 is 3.94. The third kappa shape index (κ3) is 3.23. The minimum absolute atomic E-state index is 0.373. The molecule has 0 amide bonds. The maximum absolute atomic E-state index is 3.94. The van der Waals surface area contributed by atoms with Crippen molar-refractivity contribution in [2.24, 2.45) is 0 Å². The molecule has 1 unspecified atom stereocenters. The first-order chi connectivity index (χ1) is 9.82. The van der Waals surface area contributed by atoms with Gasteiger partial charge in [-0.3, -0.25) is 0 Å². The number of halogens is 1. The first kappa shape index (κ1) is 16.3. The van der Waals surface area contributed by atoms with Crippen molar-refractivity contribution >= 4 is 15.9 Å². The molecule has 0 N–H and O–H groups in total. The van der Waals surface area contributed by atoms with Crippen LogP contribution in [0.25, 0.3) is 0 Å². The lowest BCUT2D eigenvalue weighted by Gasteiger charge is -2.22. The summed E-state index contributed by atoms with van der Waals surface area (Å²) in [5.41, 5.74) is 11.3. The van der Waals surface area contributed by atoms with Crippen LogP contribution in [-0.2, 0) is 6.42 Å². The molecular formula is C20H25Br. The molecule has 112 valence electrons. The van der Waals surface area contributed by atoms with E-state index in [1.165, 1.54) is 44.5 Å². The normalized spacial score (nSPS) is 12.5. The third-order valence-electron chi connectivity index (χ3n) is 4.91. The Morgan fingerprint density at radius 3 is 1.62 bits per heavy atom. The zero-order valence-electron chi connectivity index (χ0n) is 14.0. The van der Waals surface area contributed by atoms with Crippen molar-refractivity contribution in [3.8, 4) is 0 Å². The van der Waals surface area contributed by atoms with E-state index in [1.807, 2.05) is 0 Å². The fourth-order valence-electron chi connectivity index (χ4n) is 3.03. The number of alkyl halides is 1. The van der Waals surface area contributed by atoms with E-state index in [1.54, 1.807) is 0 Å². The van der Waals surface area contributed by atoms with E-state index in [4.69, 9.17) is 0 Å². The third-order valence-corrected chi connectivity index (χ3v) is 5.69. The molecule has 2 rings (SSSR count). The van der Waals surface area contributed by atoms with Crippen molar-refractivity contribution in [2.75, 3.05) is 0 Å². The SMILES string of the molecule is Cc1ccc(CC(Br)c2c(C)c(C)c(C)c(C)c2C)cc1. The van der Waals surface area contributed by atoms with E-state index in [0.29, 0.717) is 4.83 Å². The molecule has 0 nitrogen and oxygen atoms in total. The van der Waals surface area contributed by atoms with Gasteiger partial charge in [-0.2, -0.15) is 0 Å². The fourth-order valence-corrected chi connectivity index (χ4v) is 4.09. The zero-order chi connectivity index (χ0) is 15.7. The largest absolute Gasteiger partial charge is 0.0835 e. The molecule has 0 heterocycles. The van der Waals surface area contributed by atoms with Gasteiger partial charge >= 0.3 is 0 Å². The number of rotatable bonds is 3. The summed E-state index contributed by atoms with van der Waals surface area (Å²) in [6.45, 7) is 13.4. The molecule has 0 aromatic heterocycles. The molecule has 21 heavy (non-hydrogen) atoms. The van der Waals surface area contributed by atoms with Crippen LogP contribution in [0.15, 0.2) is 24.3 Å². The molecular weight excluding hydrogens is 320 g/mol. The summed E-state index contributed by atoms with van der Waals surface area (Å²) in [7, 11) is 0. The second-order valence-electron chi connectivity index (χ2n) is 6.20. The summed E-state index contributed by atoms with van der Waals surface area (Å²) < 4.78 is 0. The average Bonchev–Trinajstić information content (AvgIpc) is 2.46. The van der Waals surface area contributed by atoms with E-state index < -0.39 is 0 Å².